The minimum atomic E-state index is -0.612. The second-order valence-corrected chi connectivity index (χ2v) is 4.82. The van der Waals surface area contributed by atoms with Crippen molar-refractivity contribution in [3.63, 3.8) is 0 Å². The summed E-state index contributed by atoms with van der Waals surface area (Å²) >= 11 is 5.88. The Hall–Kier alpha value is -2.20. The third-order valence-corrected chi connectivity index (χ3v) is 3.27. The molecule has 0 aliphatic carbocycles. The molecule has 1 atom stereocenters. The van der Waals surface area contributed by atoms with Crippen LogP contribution in [0.4, 0.5) is 5.69 Å². The van der Waals surface area contributed by atoms with Crippen LogP contribution in [-0.4, -0.2) is 20.2 Å². The van der Waals surface area contributed by atoms with Crippen molar-refractivity contribution in [3.05, 3.63) is 59.1 Å². The number of ether oxygens (including phenoxy) is 2. The van der Waals surface area contributed by atoms with Crippen molar-refractivity contribution in [3.8, 4) is 5.75 Å². The van der Waals surface area contributed by atoms with Crippen LogP contribution in [0.5, 0.6) is 5.75 Å². The van der Waals surface area contributed by atoms with E-state index in [4.69, 9.17) is 21.1 Å². The molecule has 0 aliphatic heterocycles. The van der Waals surface area contributed by atoms with E-state index < -0.39 is 6.04 Å². The second-order valence-electron chi connectivity index (χ2n) is 4.38. The summed E-state index contributed by atoms with van der Waals surface area (Å²) in [5.74, 6) is 0.333. The summed E-state index contributed by atoms with van der Waals surface area (Å²) in [7, 11) is 2.95. The van der Waals surface area contributed by atoms with Crippen LogP contribution in [0.1, 0.15) is 11.6 Å². The number of hydrogen-bond donors (Lipinski definition) is 1. The normalized spacial score (nSPS) is 11.6. The van der Waals surface area contributed by atoms with E-state index in [9.17, 15) is 4.79 Å². The van der Waals surface area contributed by atoms with Crippen molar-refractivity contribution in [1.29, 1.82) is 0 Å². The van der Waals surface area contributed by atoms with E-state index in [1.165, 1.54) is 7.11 Å². The number of rotatable bonds is 5. The zero-order chi connectivity index (χ0) is 15.2. The van der Waals surface area contributed by atoms with Gasteiger partial charge in [-0.05, 0) is 29.8 Å². The number of hydrogen-bond acceptors (Lipinski definition) is 4. The molecule has 110 valence electrons. The number of esters is 1. The maximum absolute atomic E-state index is 12.0. The maximum atomic E-state index is 12.0. The van der Waals surface area contributed by atoms with Gasteiger partial charge in [-0.1, -0.05) is 29.8 Å². The fourth-order valence-corrected chi connectivity index (χ4v) is 2.06. The van der Waals surface area contributed by atoms with Gasteiger partial charge >= 0.3 is 5.97 Å². The molecule has 1 N–H and O–H groups in total. The zero-order valence-corrected chi connectivity index (χ0v) is 12.6. The highest BCUT2D eigenvalue weighted by molar-refractivity contribution is 6.30. The molecule has 0 radical (unpaired) electrons. The summed E-state index contributed by atoms with van der Waals surface area (Å²) in [6.07, 6.45) is 0. The molecule has 2 aromatic rings. The van der Waals surface area contributed by atoms with E-state index in [1.807, 2.05) is 24.3 Å². The Bertz CT molecular complexity index is 613. The summed E-state index contributed by atoms with van der Waals surface area (Å²) in [5, 5.41) is 3.76. The predicted molar refractivity (Wildman–Crippen MR) is 82.8 cm³/mol. The average Bonchev–Trinajstić information content (AvgIpc) is 2.53. The lowest BCUT2D eigenvalue weighted by atomic mass is 10.1. The van der Waals surface area contributed by atoms with Gasteiger partial charge in [0, 0.05) is 16.8 Å². The quantitative estimate of drug-likeness (QED) is 0.856. The summed E-state index contributed by atoms with van der Waals surface area (Å²) in [6.45, 7) is 0. The lowest BCUT2D eigenvalue weighted by Gasteiger charge is -2.18. The molecule has 0 saturated heterocycles. The van der Waals surface area contributed by atoms with E-state index in [0.29, 0.717) is 10.8 Å². The molecule has 0 fully saturated rings. The maximum Gasteiger partial charge on any atom is 0.332 e. The minimum absolute atomic E-state index is 0.375. The molecular formula is C16H16ClNO3. The predicted octanol–water partition coefficient (Wildman–Crippen LogP) is 3.67. The Labute approximate surface area is 128 Å². The first-order valence-electron chi connectivity index (χ1n) is 6.38. The SMILES string of the molecule is COC(=O)C(Nc1cccc(OC)c1)c1ccc(Cl)cc1. The molecule has 0 heterocycles. The summed E-state index contributed by atoms with van der Waals surface area (Å²) in [5.41, 5.74) is 1.54. The van der Waals surface area contributed by atoms with Gasteiger partial charge in [0.05, 0.1) is 14.2 Å². The molecule has 5 heteroatoms. The molecule has 0 aromatic heterocycles. The molecule has 1 unspecified atom stereocenters. The lowest BCUT2D eigenvalue weighted by molar-refractivity contribution is -0.141. The van der Waals surface area contributed by atoms with Crippen molar-refractivity contribution in [2.45, 2.75) is 6.04 Å². The summed E-state index contributed by atoms with van der Waals surface area (Å²) < 4.78 is 10.0. The molecular weight excluding hydrogens is 290 g/mol. The van der Waals surface area contributed by atoms with E-state index in [1.54, 1.807) is 31.4 Å². The summed E-state index contributed by atoms with van der Waals surface area (Å²) in [4.78, 5) is 12.0. The molecule has 0 saturated carbocycles. The van der Waals surface area contributed by atoms with Crippen molar-refractivity contribution in [2.24, 2.45) is 0 Å². The number of nitrogens with one attached hydrogen (secondary N) is 1. The Morgan fingerprint density at radius 3 is 2.48 bits per heavy atom. The molecule has 0 bridgehead atoms. The van der Waals surface area contributed by atoms with E-state index in [-0.39, 0.29) is 5.97 Å². The molecule has 21 heavy (non-hydrogen) atoms. The first kappa shape index (κ1) is 15.2. The topological polar surface area (TPSA) is 47.6 Å². The lowest BCUT2D eigenvalue weighted by Crippen LogP contribution is -2.22. The Balaban J connectivity index is 2.28. The molecule has 2 aromatic carbocycles. The van der Waals surface area contributed by atoms with Gasteiger partial charge in [0.25, 0.3) is 0 Å². The highest BCUT2D eigenvalue weighted by atomic mass is 35.5. The molecule has 0 aliphatic rings. The Morgan fingerprint density at radius 2 is 1.86 bits per heavy atom. The fraction of sp³-hybridized carbons (Fsp3) is 0.188. The first-order valence-corrected chi connectivity index (χ1v) is 6.75. The van der Waals surface area contributed by atoms with Crippen molar-refractivity contribution >= 4 is 23.3 Å². The van der Waals surface area contributed by atoms with Crippen molar-refractivity contribution < 1.29 is 14.3 Å². The van der Waals surface area contributed by atoms with Gasteiger partial charge in [0.15, 0.2) is 6.04 Å². The van der Waals surface area contributed by atoms with Crippen LogP contribution in [-0.2, 0) is 9.53 Å². The summed E-state index contributed by atoms with van der Waals surface area (Å²) in [6, 6.07) is 13.8. The fourth-order valence-electron chi connectivity index (χ4n) is 1.93. The van der Waals surface area contributed by atoms with Crippen LogP contribution in [0.15, 0.2) is 48.5 Å². The number of halogens is 1. The smallest absolute Gasteiger partial charge is 0.332 e. The Morgan fingerprint density at radius 1 is 1.14 bits per heavy atom. The molecule has 0 amide bonds. The standard InChI is InChI=1S/C16H16ClNO3/c1-20-14-5-3-4-13(10-14)18-15(16(19)21-2)11-6-8-12(17)9-7-11/h3-10,15,18H,1-2H3. The zero-order valence-electron chi connectivity index (χ0n) is 11.8. The minimum Gasteiger partial charge on any atom is -0.497 e. The largest absolute Gasteiger partial charge is 0.497 e. The highest BCUT2D eigenvalue weighted by Gasteiger charge is 2.21. The van der Waals surface area contributed by atoms with Crippen LogP contribution in [0.3, 0.4) is 0 Å². The number of carbonyl (C=O) groups is 1. The first-order chi connectivity index (χ1) is 10.1. The van der Waals surface area contributed by atoms with Gasteiger partial charge < -0.3 is 14.8 Å². The van der Waals surface area contributed by atoms with Crippen LogP contribution >= 0.6 is 11.6 Å². The number of benzene rings is 2. The van der Waals surface area contributed by atoms with Crippen LogP contribution in [0.25, 0.3) is 0 Å². The monoisotopic (exact) mass is 305 g/mol. The van der Waals surface area contributed by atoms with Gasteiger partial charge in [-0.25, -0.2) is 4.79 Å². The number of methoxy groups -OCH3 is 2. The van der Waals surface area contributed by atoms with Crippen molar-refractivity contribution in [2.75, 3.05) is 19.5 Å². The molecule has 2 rings (SSSR count). The number of anilines is 1. The second kappa shape index (κ2) is 6.99. The van der Waals surface area contributed by atoms with Gasteiger partial charge in [0.1, 0.15) is 5.75 Å². The number of carbonyl (C=O) groups excluding carboxylic acids is 1. The molecule has 4 nitrogen and oxygen atoms in total. The highest BCUT2D eigenvalue weighted by Crippen LogP contribution is 2.24. The van der Waals surface area contributed by atoms with Gasteiger partial charge in [-0.2, -0.15) is 0 Å². The van der Waals surface area contributed by atoms with Gasteiger partial charge in [-0.15, -0.1) is 0 Å². The third kappa shape index (κ3) is 3.89. The van der Waals surface area contributed by atoms with E-state index >= 15 is 0 Å². The van der Waals surface area contributed by atoms with E-state index in [0.717, 1.165) is 11.3 Å². The van der Waals surface area contributed by atoms with Crippen molar-refractivity contribution in [1.82, 2.24) is 0 Å². The Kier molecular flexibility index (Phi) is 5.06. The van der Waals surface area contributed by atoms with Gasteiger partial charge in [-0.3, -0.25) is 0 Å². The average molecular weight is 306 g/mol. The van der Waals surface area contributed by atoms with Gasteiger partial charge in [0.2, 0.25) is 0 Å². The van der Waals surface area contributed by atoms with Crippen LogP contribution in [0.2, 0.25) is 5.02 Å². The van der Waals surface area contributed by atoms with Crippen LogP contribution in [0, 0.1) is 0 Å². The van der Waals surface area contributed by atoms with E-state index in [2.05, 4.69) is 5.32 Å². The van der Waals surface area contributed by atoms with Crippen LogP contribution < -0.4 is 10.1 Å². The third-order valence-electron chi connectivity index (χ3n) is 3.02. The molecule has 0 spiro atoms.